The lowest BCUT2D eigenvalue weighted by molar-refractivity contribution is 0.584. The fourth-order valence-corrected chi connectivity index (χ4v) is 2.78. The van der Waals surface area contributed by atoms with E-state index >= 15 is 0 Å². The number of sulfone groups is 1. The number of hydrogen-bond donors (Lipinski definition) is 0. The highest BCUT2D eigenvalue weighted by atomic mass is 35.5. The Morgan fingerprint density at radius 1 is 1.25 bits per heavy atom. The van der Waals surface area contributed by atoms with E-state index < -0.39 is 20.5 Å². The molecule has 90 valence electrons. The molecule has 1 rings (SSSR count). The number of rotatable bonds is 4. The zero-order valence-electron chi connectivity index (χ0n) is 9.15. The van der Waals surface area contributed by atoms with Crippen LogP contribution >= 0.6 is 23.2 Å². The first-order valence-electron chi connectivity index (χ1n) is 4.88. The maximum absolute atomic E-state index is 11.3. The third kappa shape index (κ3) is 3.96. The predicted octanol–water partition coefficient (Wildman–Crippen LogP) is 2.92. The van der Waals surface area contributed by atoms with Crippen molar-refractivity contribution in [2.75, 3.05) is 6.26 Å². The first-order chi connectivity index (χ1) is 7.30. The van der Waals surface area contributed by atoms with Crippen molar-refractivity contribution >= 4 is 33.0 Å². The average Bonchev–Trinajstić information content (AvgIpc) is 2.19. The normalized spacial score (nSPS) is 15.8. The van der Waals surface area contributed by atoms with E-state index in [0.717, 1.165) is 5.56 Å². The number of halogens is 2. The van der Waals surface area contributed by atoms with Gasteiger partial charge in [0.2, 0.25) is 0 Å². The molecule has 0 amide bonds. The van der Waals surface area contributed by atoms with Gasteiger partial charge >= 0.3 is 0 Å². The molecule has 0 radical (unpaired) electrons. The summed E-state index contributed by atoms with van der Waals surface area (Å²) >= 11 is 11.8. The Balaban J connectivity index is 2.71. The summed E-state index contributed by atoms with van der Waals surface area (Å²) in [7, 11) is -3.09. The fourth-order valence-electron chi connectivity index (χ4n) is 1.28. The summed E-state index contributed by atoms with van der Waals surface area (Å²) in [4.78, 5) is 0. The van der Waals surface area contributed by atoms with E-state index in [0.29, 0.717) is 11.4 Å². The van der Waals surface area contributed by atoms with Gasteiger partial charge in [0.15, 0.2) is 9.84 Å². The van der Waals surface area contributed by atoms with Gasteiger partial charge in [0.05, 0.1) is 10.6 Å². The highest BCUT2D eigenvalue weighted by molar-refractivity contribution is 7.91. The van der Waals surface area contributed by atoms with Crippen molar-refractivity contribution in [2.45, 2.75) is 24.0 Å². The van der Waals surface area contributed by atoms with Crippen molar-refractivity contribution in [3.63, 3.8) is 0 Å². The number of benzene rings is 1. The lowest BCUT2D eigenvalue weighted by Crippen LogP contribution is -2.28. The van der Waals surface area contributed by atoms with Gasteiger partial charge < -0.3 is 0 Å². The van der Waals surface area contributed by atoms with Crippen LogP contribution in [0.1, 0.15) is 12.5 Å². The second-order valence-corrected chi connectivity index (χ2v) is 7.28. The van der Waals surface area contributed by atoms with Gasteiger partial charge in [0, 0.05) is 11.3 Å². The van der Waals surface area contributed by atoms with Gasteiger partial charge in [0.25, 0.3) is 0 Å². The van der Waals surface area contributed by atoms with E-state index in [1.165, 1.54) is 6.26 Å². The van der Waals surface area contributed by atoms with Gasteiger partial charge in [-0.15, -0.1) is 11.6 Å². The summed E-state index contributed by atoms with van der Waals surface area (Å²) in [6.45, 7) is 1.63. The van der Waals surface area contributed by atoms with Crippen LogP contribution in [0.2, 0.25) is 5.02 Å². The molecule has 0 bridgehead atoms. The maximum atomic E-state index is 11.3. The molecule has 0 fully saturated rings. The molecule has 1 aromatic rings. The third-order valence-electron chi connectivity index (χ3n) is 2.53. The Labute approximate surface area is 106 Å². The van der Waals surface area contributed by atoms with E-state index in [1.807, 2.05) is 12.1 Å². The molecule has 0 aliphatic rings. The summed E-state index contributed by atoms with van der Waals surface area (Å²) in [6, 6.07) is 7.25. The summed E-state index contributed by atoms with van der Waals surface area (Å²) in [6.07, 6.45) is 1.72. The van der Waals surface area contributed by atoms with Gasteiger partial charge in [-0.1, -0.05) is 23.7 Å². The van der Waals surface area contributed by atoms with Crippen LogP contribution in [0.4, 0.5) is 0 Å². The molecule has 2 atom stereocenters. The molecule has 0 saturated heterocycles. The van der Waals surface area contributed by atoms with E-state index in [4.69, 9.17) is 23.2 Å². The number of hydrogen-bond acceptors (Lipinski definition) is 2. The van der Waals surface area contributed by atoms with Gasteiger partial charge in [-0.05, 0) is 31.0 Å². The molecule has 1 aromatic carbocycles. The SMILES string of the molecule is CC(C(Cl)Cc1ccc(Cl)cc1)S(C)(=O)=O. The topological polar surface area (TPSA) is 34.1 Å². The second-order valence-electron chi connectivity index (χ2n) is 3.88. The summed E-state index contributed by atoms with van der Waals surface area (Å²) < 4.78 is 22.6. The van der Waals surface area contributed by atoms with Gasteiger partial charge in [-0.2, -0.15) is 0 Å². The van der Waals surface area contributed by atoms with Crippen LogP contribution in [0.3, 0.4) is 0 Å². The average molecular weight is 281 g/mol. The Morgan fingerprint density at radius 2 is 1.75 bits per heavy atom. The van der Waals surface area contributed by atoms with E-state index in [2.05, 4.69) is 0 Å². The van der Waals surface area contributed by atoms with Crippen LogP contribution in [0, 0.1) is 0 Å². The van der Waals surface area contributed by atoms with Crippen LogP contribution in [-0.4, -0.2) is 25.3 Å². The van der Waals surface area contributed by atoms with Crippen LogP contribution in [0.5, 0.6) is 0 Å². The minimum atomic E-state index is -3.09. The molecule has 2 unspecified atom stereocenters. The molecule has 0 aliphatic heterocycles. The molecule has 0 heterocycles. The standard InChI is InChI=1S/C11H14Cl2O2S/c1-8(16(2,14)15)11(13)7-9-3-5-10(12)6-4-9/h3-6,8,11H,7H2,1-2H3. The molecule has 0 N–H and O–H groups in total. The lowest BCUT2D eigenvalue weighted by Gasteiger charge is -2.16. The van der Waals surface area contributed by atoms with E-state index in [9.17, 15) is 8.42 Å². The Morgan fingerprint density at radius 3 is 2.19 bits per heavy atom. The highest BCUT2D eigenvalue weighted by Gasteiger charge is 2.24. The smallest absolute Gasteiger partial charge is 0.151 e. The molecule has 0 aliphatic carbocycles. The van der Waals surface area contributed by atoms with Gasteiger partial charge in [-0.3, -0.25) is 0 Å². The van der Waals surface area contributed by atoms with Crippen molar-refractivity contribution in [3.8, 4) is 0 Å². The lowest BCUT2D eigenvalue weighted by atomic mass is 10.1. The molecule has 16 heavy (non-hydrogen) atoms. The van der Waals surface area contributed by atoms with E-state index in [-0.39, 0.29) is 0 Å². The summed E-state index contributed by atoms with van der Waals surface area (Å²) in [5, 5.41) is -0.313. The Kier molecular flexibility index (Phi) is 4.65. The number of alkyl halides is 1. The minimum Gasteiger partial charge on any atom is -0.229 e. The first-order valence-corrected chi connectivity index (χ1v) is 7.65. The van der Waals surface area contributed by atoms with Crippen LogP contribution < -0.4 is 0 Å². The largest absolute Gasteiger partial charge is 0.229 e. The van der Waals surface area contributed by atoms with Gasteiger partial charge in [-0.25, -0.2) is 8.42 Å². The van der Waals surface area contributed by atoms with Crippen molar-refractivity contribution in [1.82, 2.24) is 0 Å². The molecule has 2 nitrogen and oxygen atoms in total. The summed E-state index contributed by atoms with van der Waals surface area (Å²) in [5.41, 5.74) is 0.986. The molecule has 0 aromatic heterocycles. The molecule has 5 heteroatoms. The minimum absolute atomic E-state index is 0.420. The van der Waals surface area contributed by atoms with Crippen LogP contribution in [-0.2, 0) is 16.3 Å². The van der Waals surface area contributed by atoms with Crippen molar-refractivity contribution in [1.29, 1.82) is 0 Å². The Bertz CT molecular complexity index is 440. The maximum Gasteiger partial charge on any atom is 0.151 e. The van der Waals surface area contributed by atoms with Crippen molar-refractivity contribution in [2.24, 2.45) is 0 Å². The predicted molar refractivity (Wildman–Crippen MR) is 69.1 cm³/mol. The molecular weight excluding hydrogens is 267 g/mol. The molecule has 0 saturated carbocycles. The van der Waals surface area contributed by atoms with Gasteiger partial charge in [0.1, 0.15) is 0 Å². The fraction of sp³-hybridized carbons (Fsp3) is 0.455. The Hall–Kier alpha value is -0.250. The van der Waals surface area contributed by atoms with Crippen molar-refractivity contribution < 1.29 is 8.42 Å². The quantitative estimate of drug-likeness (QED) is 0.795. The highest BCUT2D eigenvalue weighted by Crippen LogP contribution is 2.18. The van der Waals surface area contributed by atoms with Crippen LogP contribution in [0.25, 0.3) is 0 Å². The third-order valence-corrected chi connectivity index (χ3v) is 5.14. The first kappa shape index (κ1) is 13.8. The van der Waals surface area contributed by atoms with E-state index in [1.54, 1.807) is 19.1 Å². The second kappa shape index (κ2) is 5.39. The zero-order chi connectivity index (χ0) is 12.3. The zero-order valence-corrected chi connectivity index (χ0v) is 11.5. The van der Waals surface area contributed by atoms with Crippen LogP contribution in [0.15, 0.2) is 24.3 Å². The van der Waals surface area contributed by atoms with Crippen molar-refractivity contribution in [3.05, 3.63) is 34.9 Å². The molecule has 0 spiro atoms. The summed E-state index contributed by atoms with van der Waals surface area (Å²) in [5.74, 6) is 0. The molecular formula is C11H14Cl2O2S. The monoisotopic (exact) mass is 280 g/mol.